The lowest BCUT2D eigenvalue weighted by Gasteiger charge is -2.32. The third-order valence-electron chi connectivity index (χ3n) is 5.79. The number of hydrogen-bond acceptors (Lipinski definition) is 2. The van der Waals surface area contributed by atoms with E-state index in [1.807, 2.05) is 24.3 Å². The lowest BCUT2D eigenvalue weighted by atomic mass is 9.89. The van der Waals surface area contributed by atoms with Gasteiger partial charge in [-0.3, -0.25) is 9.69 Å². The first-order valence-electron chi connectivity index (χ1n) is 9.67. The van der Waals surface area contributed by atoms with Gasteiger partial charge in [0.05, 0.1) is 10.9 Å². The molecule has 2 aromatic heterocycles. The van der Waals surface area contributed by atoms with Gasteiger partial charge in [-0.2, -0.15) is 0 Å². The largest absolute Gasteiger partial charge is 0.308 e. The second-order valence-corrected chi connectivity index (χ2v) is 7.54. The second kappa shape index (κ2) is 6.71. The van der Waals surface area contributed by atoms with Crippen LogP contribution in [0.1, 0.15) is 29.9 Å². The Hall–Kier alpha value is -2.85. The van der Waals surface area contributed by atoms with E-state index in [4.69, 9.17) is 0 Å². The fourth-order valence-electron chi connectivity index (χ4n) is 4.37. The third kappa shape index (κ3) is 3.06. The number of nitrogens with one attached hydrogen (secondary N) is 1. The number of aromatic amines is 1. The molecule has 1 N–H and O–H groups in total. The van der Waals surface area contributed by atoms with Gasteiger partial charge in [0.25, 0.3) is 5.56 Å². The summed E-state index contributed by atoms with van der Waals surface area (Å²) in [5, 5.41) is 0.732. The highest BCUT2D eigenvalue weighted by Gasteiger charge is 2.21. The molecule has 0 amide bonds. The van der Waals surface area contributed by atoms with Crippen LogP contribution in [0, 0.1) is 0 Å². The molecule has 1 aliphatic rings. The highest BCUT2D eigenvalue weighted by atomic mass is 16.1. The van der Waals surface area contributed by atoms with E-state index in [9.17, 15) is 4.79 Å². The Morgan fingerprint density at radius 1 is 0.963 bits per heavy atom. The number of H-pyrrole nitrogens is 1. The van der Waals surface area contributed by atoms with Gasteiger partial charge in [-0.25, -0.2) is 0 Å². The van der Waals surface area contributed by atoms with Gasteiger partial charge >= 0.3 is 0 Å². The van der Waals surface area contributed by atoms with Gasteiger partial charge < -0.3 is 9.38 Å². The van der Waals surface area contributed by atoms with Crippen molar-refractivity contribution < 1.29 is 0 Å². The van der Waals surface area contributed by atoms with Gasteiger partial charge in [0.2, 0.25) is 0 Å². The molecule has 0 bridgehead atoms. The van der Waals surface area contributed by atoms with Crippen molar-refractivity contribution in [3.05, 3.63) is 88.3 Å². The van der Waals surface area contributed by atoms with Crippen LogP contribution in [0.3, 0.4) is 0 Å². The average Bonchev–Trinajstić information content (AvgIpc) is 3.12. The Labute approximate surface area is 158 Å². The first kappa shape index (κ1) is 16.3. The maximum Gasteiger partial charge on any atom is 0.258 e. The van der Waals surface area contributed by atoms with Crippen molar-refractivity contribution in [1.29, 1.82) is 0 Å². The van der Waals surface area contributed by atoms with Crippen molar-refractivity contribution >= 4 is 16.6 Å². The van der Waals surface area contributed by atoms with Crippen molar-refractivity contribution in [2.75, 3.05) is 13.1 Å². The molecule has 0 spiro atoms. The Balaban J connectivity index is 1.35. The lowest BCUT2D eigenvalue weighted by molar-refractivity contribution is 0.204. The van der Waals surface area contributed by atoms with Crippen LogP contribution in [0.4, 0.5) is 0 Å². The highest BCUT2D eigenvalue weighted by molar-refractivity contribution is 5.80. The Morgan fingerprint density at radius 2 is 1.70 bits per heavy atom. The van der Waals surface area contributed by atoms with Crippen molar-refractivity contribution in [2.24, 2.45) is 0 Å². The number of rotatable bonds is 3. The minimum absolute atomic E-state index is 0.0218. The summed E-state index contributed by atoms with van der Waals surface area (Å²) in [6, 6.07) is 20.7. The molecule has 0 saturated carbocycles. The number of nitrogens with zero attached hydrogens (tertiary/aromatic N) is 2. The Bertz CT molecular complexity index is 1130. The SMILES string of the molecule is O=c1[nH]c2cc(CN3CCC(c4ccccc4)CC3)cn2c2ccccc12. The first-order valence-corrected chi connectivity index (χ1v) is 9.67. The van der Waals surface area contributed by atoms with Crippen LogP contribution < -0.4 is 5.56 Å². The first-order chi connectivity index (χ1) is 13.3. The van der Waals surface area contributed by atoms with Crippen LogP contribution in [-0.2, 0) is 6.54 Å². The van der Waals surface area contributed by atoms with Crippen LogP contribution in [0.2, 0.25) is 0 Å². The molecule has 1 aliphatic heterocycles. The summed E-state index contributed by atoms with van der Waals surface area (Å²) in [4.78, 5) is 17.8. The normalized spacial score (nSPS) is 16.3. The molecule has 0 radical (unpaired) electrons. The number of para-hydroxylation sites is 1. The number of hydrogen-bond donors (Lipinski definition) is 1. The predicted octanol–water partition coefficient (Wildman–Crippen LogP) is 4.16. The zero-order valence-electron chi connectivity index (χ0n) is 15.3. The van der Waals surface area contributed by atoms with E-state index in [1.165, 1.54) is 24.0 Å². The molecule has 4 heteroatoms. The summed E-state index contributed by atoms with van der Waals surface area (Å²) in [5.41, 5.74) is 4.53. The fraction of sp³-hybridized carbons (Fsp3) is 0.261. The summed E-state index contributed by atoms with van der Waals surface area (Å²) in [5.74, 6) is 0.677. The van der Waals surface area contributed by atoms with Crippen LogP contribution in [0.15, 0.2) is 71.7 Å². The van der Waals surface area contributed by atoms with Crippen LogP contribution in [-0.4, -0.2) is 27.4 Å². The molecule has 0 atom stereocenters. The lowest BCUT2D eigenvalue weighted by Crippen LogP contribution is -2.32. The minimum atomic E-state index is -0.0218. The minimum Gasteiger partial charge on any atom is -0.308 e. The van der Waals surface area contributed by atoms with Gasteiger partial charge in [-0.05, 0) is 61.2 Å². The van der Waals surface area contributed by atoms with E-state index in [0.29, 0.717) is 5.92 Å². The molecule has 27 heavy (non-hydrogen) atoms. The smallest absolute Gasteiger partial charge is 0.258 e. The van der Waals surface area contributed by atoms with Gasteiger partial charge in [-0.1, -0.05) is 42.5 Å². The predicted molar refractivity (Wildman–Crippen MR) is 109 cm³/mol. The van der Waals surface area contributed by atoms with Crippen molar-refractivity contribution in [1.82, 2.24) is 14.3 Å². The van der Waals surface area contributed by atoms with Crippen LogP contribution >= 0.6 is 0 Å². The van der Waals surface area contributed by atoms with Crippen molar-refractivity contribution in [2.45, 2.75) is 25.3 Å². The van der Waals surface area contributed by atoms with Crippen LogP contribution in [0.5, 0.6) is 0 Å². The third-order valence-corrected chi connectivity index (χ3v) is 5.79. The van der Waals surface area contributed by atoms with Crippen molar-refractivity contribution in [3.8, 4) is 0 Å². The van der Waals surface area contributed by atoms with E-state index in [1.54, 1.807) is 0 Å². The summed E-state index contributed by atoms with van der Waals surface area (Å²) in [6.45, 7) is 3.16. The number of aromatic nitrogens is 2. The van der Waals surface area contributed by atoms with Crippen LogP contribution in [0.25, 0.3) is 16.6 Å². The Morgan fingerprint density at radius 3 is 2.52 bits per heavy atom. The Kier molecular flexibility index (Phi) is 4.06. The molecule has 0 aliphatic carbocycles. The fourth-order valence-corrected chi connectivity index (χ4v) is 4.37. The quantitative estimate of drug-likeness (QED) is 0.598. The van der Waals surface area contributed by atoms with Gasteiger partial charge in [0.15, 0.2) is 0 Å². The molecule has 136 valence electrons. The summed E-state index contributed by atoms with van der Waals surface area (Å²) >= 11 is 0. The van der Waals surface area contributed by atoms with E-state index in [2.05, 4.69) is 56.9 Å². The molecule has 3 heterocycles. The molecular weight excluding hydrogens is 334 g/mol. The zero-order valence-corrected chi connectivity index (χ0v) is 15.3. The standard InChI is InChI=1S/C23H23N3O/c27-23-20-8-4-5-9-21(20)26-16-17(14-22(26)24-23)15-25-12-10-19(11-13-25)18-6-2-1-3-7-18/h1-9,14,16,19H,10-13,15H2,(H,24,27). The molecular formula is C23H23N3O. The molecule has 5 rings (SSSR count). The molecule has 1 fully saturated rings. The van der Waals surface area contributed by atoms with Gasteiger partial charge in [0, 0.05) is 12.7 Å². The second-order valence-electron chi connectivity index (χ2n) is 7.54. The average molecular weight is 357 g/mol. The molecule has 2 aromatic carbocycles. The number of likely N-dealkylation sites (tertiary alicyclic amines) is 1. The van der Waals surface area contributed by atoms with Crippen molar-refractivity contribution in [3.63, 3.8) is 0 Å². The van der Waals surface area contributed by atoms with Gasteiger partial charge in [-0.15, -0.1) is 0 Å². The molecule has 4 nitrogen and oxygen atoms in total. The maximum atomic E-state index is 12.3. The zero-order chi connectivity index (χ0) is 18.2. The number of fused-ring (bicyclic) bond motifs is 3. The summed E-state index contributed by atoms with van der Waals surface area (Å²) in [6.07, 6.45) is 4.57. The van der Waals surface area contributed by atoms with E-state index in [-0.39, 0.29) is 5.56 Å². The van der Waals surface area contributed by atoms with E-state index in [0.717, 1.165) is 36.2 Å². The molecule has 4 aromatic rings. The number of benzene rings is 2. The summed E-state index contributed by atoms with van der Waals surface area (Å²) in [7, 11) is 0. The van der Waals surface area contributed by atoms with E-state index < -0.39 is 0 Å². The molecule has 1 saturated heterocycles. The maximum absolute atomic E-state index is 12.3. The monoisotopic (exact) mass is 357 g/mol. The van der Waals surface area contributed by atoms with E-state index >= 15 is 0 Å². The highest BCUT2D eigenvalue weighted by Crippen LogP contribution is 2.28. The summed E-state index contributed by atoms with van der Waals surface area (Å²) < 4.78 is 2.10. The molecule has 0 unspecified atom stereocenters. The number of piperidine rings is 1. The topological polar surface area (TPSA) is 40.5 Å². The van der Waals surface area contributed by atoms with Gasteiger partial charge in [0.1, 0.15) is 5.65 Å².